The van der Waals surface area contributed by atoms with E-state index < -0.39 is 0 Å². The van der Waals surface area contributed by atoms with Gasteiger partial charge >= 0.3 is 0 Å². The van der Waals surface area contributed by atoms with Crippen molar-refractivity contribution in [2.45, 2.75) is 40.2 Å². The van der Waals surface area contributed by atoms with Crippen LogP contribution in [0.3, 0.4) is 0 Å². The van der Waals surface area contributed by atoms with Crippen LogP contribution in [-0.4, -0.2) is 6.04 Å². The Morgan fingerprint density at radius 2 is 1.89 bits per heavy atom. The number of rotatable bonds is 2. The maximum Gasteiger partial charge on any atom is 0.0245 e. The first-order valence-electron chi connectivity index (χ1n) is 3.59. The standard InChI is InChI=1S/C6H13N.C2H6/c1-4-6(7)5(2)3;1-2/h6H,2,4,7H2,1,3H3;1-2H3. The SMILES string of the molecule is C=C(C)C(N)CC.CC. The quantitative estimate of drug-likeness (QED) is 0.569. The van der Waals surface area contributed by atoms with Crippen molar-refractivity contribution < 1.29 is 0 Å². The average Bonchev–Trinajstić information content (AvgIpc) is 1.91. The summed E-state index contributed by atoms with van der Waals surface area (Å²) in [5, 5.41) is 0. The fraction of sp³-hybridized carbons (Fsp3) is 0.750. The van der Waals surface area contributed by atoms with Gasteiger partial charge in [0.15, 0.2) is 0 Å². The van der Waals surface area contributed by atoms with Gasteiger partial charge in [-0.2, -0.15) is 0 Å². The van der Waals surface area contributed by atoms with E-state index in [9.17, 15) is 0 Å². The molecule has 0 saturated carbocycles. The summed E-state index contributed by atoms with van der Waals surface area (Å²) in [6, 6.07) is 0.208. The summed E-state index contributed by atoms with van der Waals surface area (Å²) < 4.78 is 0. The van der Waals surface area contributed by atoms with E-state index in [1.165, 1.54) is 0 Å². The van der Waals surface area contributed by atoms with Crippen molar-refractivity contribution >= 4 is 0 Å². The highest BCUT2D eigenvalue weighted by atomic mass is 14.6. The van der Waals surface area contributed by atoms with Gasteiger partial charge in [0.25, 0.3) is 0 Å². The van der Waals surface area contributed by atoms with Crippen LogP contribution in [0.2, 0.25) is 0 Å². The van der Waals surface area contributed by atoms with Crippen molar-refractivity contribution in [3.8, 4) is 0 Å². The van der Waals surface area contributed by atoms with Gasteiger partial charge in [0.1, 0.15) is 0 Å². The summed E-state index contributed by atoms with van der Waals surface area (Å²) in [6.45, 7) is 11.7. The predicted molar refractivity (Wildman–Crippen MR) is 44.4 cm³/mol. The Hall–Kier alpha value is -0.300. The minimum absolute atomic E-state index is 0.208. The number of hydrogen-bond acceptors (Lipinski definition) is 1. The second kappa shape index (κ2) is 7.70. The molecule has 0 aliphatic heterocycles. The summed E-state index contributed by atoms with van der Waals surface area (Å²) >= 11 is 0. The first-order chi connectivity index (χ1) is 4.18. The van der Waals surface area contributed by atoms with E-state index in [1.54, 1.807) is 0 Å². The van der Waals surface area contributed by atoms with E-state index >= 15 is 0 Å². The third kappa shape index (κ3) is 7.70. The third-order valence-corrected chi connectivity index (χ3v) is 1.07. The van der Waals surface area contributed by atoms with Crippen LogP contribution >= 0.6 is 0 Å². The molecule has 0 heterocycles. The maximum absolute atomic E-state index is 5.52. The van der Waals surface area contributed by atoms with Gasteiger partial charge in [-0.1, -0.05) is 32.9 Å². The molecule has 0 saturated heterocycles. The molecule has 1 unspecified atom stereocenters. The lowest BCUT2D eigenvalue weighted by molar-refractivity contribution is 0.742. The van der Waals surface area contributed by atoms with Crippen molar-refractivity contribution in [2.75, 3.05) is 0 Å². The van der Waals surface area contributed by atoms with Gasteiger partial charge in [0, 0.05) is 6.04 Å². The summed E-state index contributed by atoms with van der Waals surface area (Å²) in [5.41, 5.74) is 6.59. The Labute approximate surface area is 58.9 Å². The van der Waals surface area contributed by atoms with E-state index in [1.807, 2.05) is 20.8 Å². The van der Waals surface area contributed by atoms with E-state index in [0.29, 0.717) is 0 Å². The maximum atomic E-state index is 5.52. The predicted octanol–water partition coefficient (Wildman–Crippen LogP) is 2.33. The second-order valence-electron chi connectivity index (χ2n) is 1.86. The van der Waals surface area contributed by atoms with Gasteiger partial charge < -0.3 is 5.73 Å². The largest absolute Gasteiger partial charge is 0.324 e. The minimum Gasteiger partial charge on any atom is -0.324 e. The van der Waals surface area contributed by atoms with Crippen LogP contribution in [-0.2, 0) is 0 Å². The van der Waals surface area contributed by atoms with Crippen LogP contribution in [0.15, 0.2) is 12.2 Å². The number of nitrogens with two attached hydrogens (primary N) is 1. The summed E-state index contributed by atoms with van der Waals surface area (Å²) in [4.78, 5) is 0. The topological polar surface area (TPSA) is 26.0 Å². The van der Waals surface area contributed by atoms with Gasteiger partial charge in [-0.15, -0.1) is 0 Å². The van der Waals surface area contributed by atoms with Crippen molar-refractivity contribution in [3.63, 3.8) is 0 Å². The third-order valence-electron chi connectivity index (χ3n) is 1.07. The average molecular weight is 129 g/mol. The van der Waals surface area contributed by atoms with E-state index in [-0.39, 0.29) is 6.04 Å². The monoisotopic (exact) mass is 129 g/mol. The lowest BCUT2D eigenvalue weighted by Crippen LogP contribution is -2.18. The molecule has 9 heavy (non-hydrogen) atoms. The van der Waals surface area contributed by atoms with Crippen molar-refractivity contribution in [2.24, 2.45) is 5.73 Å². The van der Waals surface area contributed by atoms with Crippen molar-refractivity contribution in [3.05, 3.63) is 12.2 Å². The van der Waals surface area contributed by atoms with E-state index in [2.05, 4.69) is 13.5 Å². The highest BCUT2D eigenvalue weighted by Gasteiger charge is 1.94. The molecule has 0 aromatic carbocycles. The molecule has 0 aromatic rings. The molecule has 0 rings (SSSR count). The highest BCUT2D eigenvalue weighted by Crippen LogP contribution is 1.96. The van der Waals surface area contributed by atoms with Gasteiger partial charge in [-0.25, -0.2) is 0 Å². The molecule has 0 aliphatic rings. The second-order valence-corrected chi connectivity index (χ2v) is 1.86. The first-order valence-corrected chi connectivity index (χ1v) is 3.59. The number of hydrogen-bond donors (Lipinski definition) is 1. The van der Waals surface area contributed by atoms with Crippen LogP contribution in [0.25, 0.3) is 0 Å². The fourth-order valence-electron chi connectivity index (χ4n) is 0.348. The van der Waals surface area contributed by atoms with Crippen LogP contribution < -0.4 is 5.73 Å². The van der Waals surface area contributed by atoms with Gasteiger partial charge in [0.05, 0.1) is 0 Å². The zero-order chi connectivity index (χ0) is 7.86. The molecule has 56 valence electrons. The van der Waals surface area contributed by atoms with Crippen LogP contribution in [0, 0.1) is 0 Å². The molecule has 0 bridgehead atoms. The molecule has 0 aliphatic carbocycles. The lowest BCUT2D eigenvalue weighted by Gasteiger charge is -2.04. The molecule has 1 nitrogen and oxygen atoms in total. The zero-order valence-electron chi connectivity index (χ0n) is 7.07. The summed E-state index contributed by atoms with van der Waals surface area (Å²) in [7, 11) is 0. The van der Waals surface area contributed by atoms with Crippen LogP contribution in [0.5, 0.6) is 0 Å². The van der Waals surface area contributed by atoms with E-state index in [4.69, 9.17) is 5.73 Å². The molecule has 0 amide bonds. The molecule has 2 N–H and O–H groups in total. The van der Waals surface area contributed by atoms with Gasteiger partial charge in [-0.3, -0.25) is 0 Å². The zero-order valence-corrected chi connectivity index (χ0v) is 7.07. The van der Waals surface area contributed by atoms with Crippen molar-refractivity contribution in [1.82, 2.24) is 0 Å². The Bertz CT molecular complexity index is 67.0. The molecule has 0 aromatic heterocycles. The molecule has 1 heteroatoms. The van der Waals surface area contributed by atoms with Crippen LogP contribution in [0.4, 0.5) is 0 Å². The minimum atomic E-state index is 0.208. The molecule has 0 radical (unpaired) electrons. The molecule has 1 atom stereocenters. The van der Waals surface area contributed by atoms with Crippen molar-refractivity contribution in [1.29, 1.82) is 0 Å². The lowest BCUT2D eigenvalue weighted by atomic mass is 10.1. The summed E-state index contributed by atoms with van der Waals surface area (Å²) in [6.07, 6.45) is 0.995. The molecular formula is C8H19N. The summed E-state index contributed by atoms with van der Waals surface area (Å²) in [5.74, 6) is 0. The van der Waals surface area contributed by atoms with E-state index in [0.717, 1.165) is 12.0 Å². The Balaban J connectivity index is 0. The Kier molecular flexibility index (Phi) is 9.83. The molecule has 0 fully saturated rings. The first kappa shape index (κ1) is 11.5. The Morgan fingerprint density at radius 3 is 1.89 bits per heavy atom. The van der Waals surface area contributed by atoms with Crippen LogP contribution in [0.1, 0.15) is 34.1 Å². The van der Waals surface area contributed by atoms with Gasteiger partial charge in [0.2, 0.25) is 0 Å². The fourth-order valence-corrected chi connectivity index (χ4v) is 0.348. The smallest absolute Gasteiger partial charge is 0.0245 e. The molecule has 0 spiro atoms. The van der Waals surface area contributed by atoms with Gasteiger partial charge in [-0.05, 0) is 13.3 Å². The highest BCUT2D eigenvalue weighted by molar-refractivity contribution is 4.98. The normalized spacial score (nSPS) is 11.2. The molecular weight excluding hydrogens is 110 g/mol. The Morgan fingerprint density at radius 1 is 1.56 bits per heavy atom.